The van der Waals surface area contributed by atoms with E-state index < -0.39 is 0 Å². The highest BCUT2D eigenvalue weighted by atomic mass is 16.2. The van der Waals surface area contributed by atoms with Crippen molar-refractivity contribution in [3.63, 3.8) is 0 Å². The quantitative estimate of drug-likeness (QED) is 0.724. The van der Waals surface area contributed by atoms with Gasteiger partial charge in [-0.25, -0.2) is 0 Å². The van der Waals surface area contributed by atoms with E-state index in [0.29, 0.717) is 25.1 Å². The van der Waals surface area contributed by atoms with Crippen molar-refractivity contribution in [3.05, 3.63) is 65.7 Å². The predicted molar refractivity (Wildman–Crippen MR) is 113 cm³/mol. The summed E-state index contributed by atoms with van der Waals surface area (Å²) in [5, 5.41) is 5.54. The van der Waals surface area contributed by atoms with Crippen LogP contribution in [0.15, 0.2) is 54.6 Å². The summed E-state index contributed by atoms with van der Waals surface area (Å²) in [6, 6.07) is 17.0. The van der Waals surface area contributed by atoms with Crippen molar-refractivity contribution in [1.82, 2.24) is 10.6 Å². The van der Waals surface area contributed by atoms with E-state index in [1.54, 1.807) is 29.2 Å². The standard InChI is InChI=1S/C23H27N3O3/c1-2-17(18-7-4-3-5-8-18)15-24-21(27)16-25-23(29)19-10-12-20(13-11-19)26-14-6-9-22(26)28/h3-5,7-8,10-13,17H,2,6,9,14-16H2,1H3,(H,24,27)(H,25,29). The molecule has 2 N–H and O–H groups in total. The third-order valence-corrected chi connectivity index (χ3v) is 5.23. The molecule has 152 valence electrons. The highest BCUT2D eigenvalue weighted by molar-refractivity contribution is 5.98. The molecule has 1 heterocycles. The number of rotatable bonds is 8. The number of carbonyl (C=O) groups is 3. The summed E-state index contributed by atoms with van der Waals surface area (Å²) < 4.78 is 0. The van der Waals surface area contributed by atoms with Gasteiger partial charge in [-0.05, 0) is 42.7 Å². The zero-order valence-electron chi connectivity index (χ0n) is 16.7. The number of hydrogen-bond donors (Lipinski definition) is 2. The molecule has 1 saturated heterocycles. The number of nitrogens with one attached hydrogen (secondary N) is 2. The number of carbonyl (C=O) groups excluding carboxylic acids is 3. The van der Waals surface area contributed by atoms with Gasteiger partial charge in [-0.1, -0.05) is 37.3 Å². The topological polar surface area (TPSA) is 78.5 Å². The fraction of sp³-hybridized carbons (Fsp3) is 0.348. The number of anilines is 1. The maximum Gasteiger partial charge on any atom is 0.251 e. The lowest BCUT2D eigenvalue weighted by Crippen LogP contribution is -2.38. The molecule has 0 saturated carbocycles. The van der Waals surface area contributed by atoms with E-state index in [4.69, 9.17) is 0 Å². The van der Waals surface area contributed by atoms with Crippen molar-refractivity contribution < 1.29 is 14.4 Å². The molecule has 6 heteroatoms. The van der Waals surface area contributed by atoms with Crippen LogP contribution in [0.3, 0.4) is 0 Å². The Morgan fingerprint density at radius 2 is 1.76 bits per heavy atom. The lowest BCUT2D eigenvalue weighted by Gasteiger charge is -2.17. The van der Waals surface area contributed by atoms with Gasteiger partial charge in [-0.2, -0.15) is 0 Å². The smallest absolute Gasteiger partial charge is 0.251 e. The minimum Gasteiger partial charge on any atom is -0.354 e. The van der Waals surface area contributed by atoms with Crippen LogP contribution in [0.1, 0.15) is 48.0 Å². The van der Waals surface area contributed by atoms with E-state index in [0.717, 1.165) is 18.5 Å². The van der Waals surface area contributed by atoms with Crippen LogP contribution in [-0.4, -0.2) is 37.4 Å². The van der Waals surface area contributed by atoms with Gasteiger partial charge in [0.1, 0.15) is 0 Å². The second-order valence-corrected chi connectivity index (χ2v) is 7.20. The van der Waals surface area contributed by atoms with Crippen molar-refractivity contribution in [2.45, 2.75) is 32.1 Å². The first-order chi connectivity index (χ1) is 14.1. The van der Waals surface area contributed by atoms with Crippen LogP contribution in [0.5, 0.6) is 0 Å². The molecule has 3 rings (SSSR count). The molecule has 0 radical (unpaired) electrons. The molecular weight excluding hydrogens is 366 g/mol. The molecule has 6 nitrogen and oxygen atoms in total. The third-order valence-electron chi connectivity index (χ3n) is 5.23. The maximum atomic E-state index is 12.3. The summed E-state index contributed by atoms with van der Waals surface area (Å²) in [5.74, 6) is -0.169. The lowest BCUT2D eigenvalue weighted by atomic mass is 9.96. The Labute approximate surface area is 171 Å². The fourth-order valence-electron chi connectivity index (χ4n) is 3.50. The summed E-state index contributed by atoms with van der Waals surface area (Å²) in [7, 11) is 0. The second-order valence-electron chi connectivity index (χ2n) is 7.20. The van der Waals surface area contributed by atoms with Crippen LogP contribution < -0.4 is 15.5 Å². The van der Waals surface area contributed by atoms with Gasteiger partial charge < -0.3 is 15.5 Å². The van der Waals surface area contributed by atoms with Gasteiger partial charge in [0.15, 0.2) is 0 Å². The first-order valence-corrected chi connectivity index (χ1v) is 10.1. The van der Waals surface area contributed by atoms with Gasteiger partial charge in [-0.3, -0.25) is 14.4 Å². The minimum absolute atomic E-state index is 0.0730. The average molecular weight is 393 g/mol. The van der Waals surface area contributed by atoms with Crippen molar-refractivity contribution in [2.75, 3.05) is 24.5 Å². The van der Waals surface area contributed by atoms with Gasteiger partial charge in [0.05, 0.1) is 6.54 Å². The molecule has 1 aliphatic rings. The third kappa shape index (κ3) is 5.44. The largest absolute Gasteiger partial charge is 0.354 e. The molecule has 2 aromatic rings. The molecule has 2 aromatic carbocycles. The molecule has 1 fully saturated rings. The van der Waals surface area contributed by atoms with E-state index >= 15 is 0 Å². The number of hydrogen-bond acceptors (Lipinski definition) is 3. The van der Waals surface area contributed by atoms with Crippen LogP contribution in [0, 0.1) is 0 Å². The summed E-state index contributed by atoms with van der Waals surface area (Å²) in [6.07, 6.45) is 2.35. The summed E-state index contributed by atoms with van der Waals surface area (Å²) in [6.45, 7) is 3.27. The average Bonchev–Trinajstić information content (AvgIpc) is 3.19. The van der Waals surface area contributed by atoms with Gasteiger partial charge in [-0.15, -0.1) is 0 Å². The van der Waals surface area contributed by atoms with E-state index in [2.05, 4.69) is 29.7 Å². The Balaban J connectivity index is 1.46. The monoisotopic (exact) mass is 393 g/mol. The summed E-state index contributed by atoms with van der Waals surface area (Å²) in [4.78, 5) is 37.9. The second kappa shape index (κ2) is 9.87. The van der Waals surface area contributed by atoms with Crippen LogP contribution in [0.4, 0.5) is 5.69 Å². The van der Waals surface area contributed by atoms with Gasteiger partial charge >= 0.3 is 0 Å². The van der Waals surface area contributed by atoms with Crippen molar-refractivity contribution in [3.8, 4) is 0 Å². The number of amides is 3. The molecule has 1 unspecified atom stereocenters. The van der Waals surface area contributed by atoms with Gasteiger partial charge in [0, 0.05) is 36.7 Å². The Bertz CT molecular complexity index is 849. The maximum absolute atomic E-state index is 12.3. The Kier molecular flexibility index (Phi) is 7.00. The lowest BCUT2D eigenvalue weighted by molar-refractivity contribution is -0.120. The molecule has 0 aliphatic carbocycles. The predicted octanol–water partition coefficient (Wildman–Crippen LogP) is 2.85. The highest BCUT2D eigenvalue weighted by Gasteiger charge is 2.21. The van der Waals surface area contributed by atoms with Crippen LogP contribution >= 0.6 is 0 Å². The highest BCUT2D eigenvalue weighted by Crippen LogP contribution is 2.21. The van der Waals surface area contributed by atoms with E-state index in [-0.39, 0.29) is 30.2 Å². The van der Waals surface area contributed by atoms with Crippen molar-refractivity contribution >= 4 is 23.4 Å². The zero-order valence-corrected chi connectivity index (χ0v) is 16.7. The number of nitrogens with zero attached hydrogens (tertiary/aromatic N) is 1. The Hall–Kier alpha value is -3.15. The summed E-state index contributed by atoms with van der Waals surface area (Å²) in [5.41, 5.74) is 2.45. The zero-order chi connectivity index (χ0) is 20.6. The first kappa shape index (κ1) is 20.6. The molecule has 3 amide bonds. The summed E-state index contributed by atoms with van der Waals surface area (Å²) >= 11 is 0. The van der Waals surface area contributed by atoms with E-state index in [9.17, 15) is 14.4 Å². The van der Waals surface area contributed by atoms with Crippen LogP contribution in [0.2, 0.25) is 0 Å². The van der Waals surface area contributed by atoms with Gasteiger partial charge in [0.25, 0.3) is 5.91 Å². The molecule has 0 spiro atoms. The minimum atomic E-state index is -0.311. The normalized spacial score (nSPS) is 14.5. The fourth-order valence-corrected chi connectivity index (χ4v) is 3.50. The first-order valence-electron chi connectivity index (χ1n) is 10.1. The SMILES string of the molecule is CCC(CNC(=O)CNC(=O)c1ccc(N2CCCC2=O)cc1)c1ccccc1. The molecule has 29 heavy (non-hydrogen) atoms. The molecular formula is C23H27N3O3. The molecule has 0 aromatic heterocycles. The van der Waals surface area contributed by atoms with Crippen LogP contribution in [0.25, 0.3) is 0 Å². The Morgan fingerprint density at radius 3 is 2.38 bits per heavy atom. The molecule has 0 bridgehead atoms. The van der Waals surface area contributed by atoms with Crippen LogP contribution in [-0.2, 0) is 9.59 Å². The van der Waals surface area contributed by atoms with E-state index in [1.165, 1.54) is 5.56 Å². The van der Waals surface area contributed by atoms with Crippen molar-refractivity contribution in [1.29, 1.82) is 0 Å². The Morgan fingerprint density at radius 1 is 1.03 bits per heavy atom. The van der Waals surface area contributed by atoms with Crippen molar-refractivity contribution in [2.24, 2.45) is 0 Å². The number of benzene rings is 2. The van der Waals surface area contributed by atoms with Gasteiger partial charge in [0.2, 0.25) is 11.8 Å². The van der Waals surface area contributed by atoms with E-state index in [1.807, 2.05) is 18.2 Å². The molecule has 1 aliphatic heterocycles. The molecule has 1 atom stereocenters.